The molecule has 0 aliphatic carbocycles. The Bertz CT molecular complexity index is 498. The summed E-state index contributed by atoms with van der Waals surface area (Å²) in [5.41, 5.74) is 0. The Morgan fingerprint density at radius 1 is 1.59 bits per heavy atom. The van der Waals surface area contributed by atoms with Gasteiger partial charge >= 0.3 is 6.03 Å². The maximum absolute atomic E-state index is 13.1. The summed E-state index contributed by atoms with van der Waals surface area (Å²) >= 11 is 0. The van der Waals surface area contributed by atoms with Gasteiger partial charge in [0.1, 0.15) is 17.7 Å². The molecule has 0 radical (unpaired) electrons. The molecule has 2 unspecified atom stereocenters. The number of benzene rings is 1. The van der Waals surface area contributed by atoms with Crippen molar-refractivity contribution < 1.29 is 19.0 Å². The summed E-state index contributed by atoms with van der Waals surface area (Å²) in [5.74, 6) is 0.105. The standard InChI is InChI=1S/C16H23FN2O3/c1-2-14(22-15-7-3-5-12(17)9-15)10-18-16(21)19-8-4-6-13(20)11-19/h3,5,7,9,13-14,20H,2,4,6,8,10-11H2,1H3,(H,18,21). The molecule has 1 heterocycles. The average molecular weight is 310 g/mol. The van der Waals surface area contributed by atoms with Crippen LogP contribution in [0.2, 0.25) is 0 Å². The molecule has 1 aliphatic heterocycles. The van der Waals surface area contributed by atoms with Crippen LogP contribution in [0.3, 0.4) is 0 Å². The average Bonchev–Trinajstić information content (AvgIpc) is 2.51. The molecular formula is C16H23FN2O3. The Kier molecular flexibility index (Phi) is 6.00. The minimum absolute atomic E-state index is 0.194. The van der Waals surface area contributed by atoms with Crippen LogP contribution in [0.4, 0.5) is 9.18 Å². The van der Waals surface area contributed by atoms with Crippen LogP contribution in [0.5, 0.6) is 5.75 Å². The molecule has 1 aromatic carbocycles. The number of carbonyl (C=O) groups is 1. The number of piperidine rings is 1. The van der Waals surface area contributed by atoms with Crippen LogP contribution in [0.1, 0.15) is 26.2 Å². The molecule has 0 spiro atoms. The Morgan fingerprint density at radius 2 is 2.41 bits per heavy atom. The zero-order valence-electron chi connectivity index (χ0n) is 12.8. The van der Waals surface area contributed by atoms with Gasteiger partial charge in [-0.1, -0.05) is 13.0 Å². The second-order valence-corrected chi connectivity index (χ2v) is 5.53. The fraction of sp³-hybridized carbons (Fsp3) is 0.562. The van der Waals surface area contributed by atoms with E-state index >= 15 is 0 Å². The Labute approximate surface area is 130 Å². The van der Waals surface area contributed by atoms with E-state index in [-0.39, 0.29) is 18.0 Å². The van der Waals surface area contributed by atoms with Crippen molar-refractivity contribution in [3.63, 3.8) is 0 Å². The molecule has 2 atom stereocenters. The lowest BCUT2D eigenvalue weighted by molar-refractivity contribution is 0.0829. The van der Waals surface area contributed by atoms with Crippen LogP contribution in [0.25, 0.3) is 0 Å². The van der Waals surface area contributed by atoms with Crippen LogP contribution in [0, 0.1) is 5.82 Å². The number of nitrogens with zero attached hydrogens (tertiary/aromatic N) is 1. The van der Waals surface area contributed by atoms with Gasteiger partial charge in [0.15, 0.2) is 0 Å². The molecule has 1 fully saturated rings. The number of aliphatic hydroxyl groups is 1. The van der Waals surface area contributed by atoms with E-state index in [0.717, 1.165) is 12.8 Å². The zero-order valence-corrected chi connectivity index (χ0v) is 12.8. The molecule has 1 aromatic rings. The van der Waals surface area contributed by atoms with Crippen molar-refractivity contribution in [1.29, 1.82) is 0 Å². The quantitative estimate of drug-likeness (QED) is 0.876. The lowest BCUT2D eigenvalue weighted by Crippen LogP contribution is -2.49. The van der Waals surface area contributed by atoms with Crippen LogP contribution in [0.15, 0.2) is 24.3 Å². The first kappa shape index (κ1) is 16.5. The van der Waals surface area contributed by atoms with Crippen molar-refractivity contribution in [3.8, 4) is 5.75 Å². The summed E-state index contributed by atoms with van der Waals surface area (Å²) in [4.78, 5) is 13.7. The second-order valence-electron chi connectivity index (χ2n) is 5.53. The maximum atomic E-state index is 13.1. The van der Waals surface area contributed by atoms with Crippen LogP contribution < -0.4 is 10.1 Å². The highest BCUT2D eigenvalue weighted by molar-refractivity contribution is 5.74. The number of likely N-dealkylation sites (tertiary alicyclic amines) is 1. The number of hydrogen-bond acceptors (Lipinski definition) is 3. The summed E-state index contributed by atoms with van der Waals surface area (Å²) in [7, 11) is 0. The third kappa shape index (κ3) is 4.87. The summed E-state index contributed by atoms with van der Waals surface area (Å²) in [6, 6.07) is 5.77. The van der Waals surface area contributed by atoms with Gasteiger partial charge in [0, 0.05) is 19.2 Å². The lowest BCUT2D eigenvalue weighted by Gasteiger charge is -2.30. The van der Waals surface area contributed by atoms with Crippen molar-refractivity contribution in [2.75, 3.05) is 19.6 Å². The summed E-state index contributed by atoms with van der Waals surface area (Å²) < 4.78 is 18.8. The minimum Gasteiger partial charge on any atom is -0.489 e. The monoisotopic (exact) mass is 310 g/mol. The maximum Gasteiger partial charge on any atom is 0.317 e. The van der Waals surface area contributed by atoms with E-state index in [1.807, 2.05) is 6.92 Å². The molecule has 0 bridgehead atoms. The molecule has 122 valence electrons. The first-order valence-corrected chi connectivity index (χ1v) is 7.71. The SMILES string of the molecule is CCC(CNC(=O)N1CCCC(O)C1)Oc1cccc(F)c1. The van der Waals surface area contributed by atoms with Gasteiger partial charge in [-0.3, -0.25) is 0 Å². The summed E-state index contributed by atoms with van der Waals surface area (Å²) in [5, 5.41) is 12.4. The first-order valence-electron chi connectivity index (χ1n) is 7.71. The lowest BCUT2D eigenvalue weighted by atomic mass is 10.1. The predicted molar refractivity (Wildman–Crippen MR) is 81.3 cm³/mol. The smallest absolute Gasteiger partial charge is 0.317 e. The minimum atomic E-state index is -0.440. The van der Waals surface area contributed by atoms with Gasteiger partial charge in [-0.15, -0.1) is 0 Å². The number of urea groups is 1. The Morgan fingerprint density at radius 3 is 3.09 bits per heavy atom. The number of rotatable bonds is 5. The van der Waals surface area contributed by atoms with Gasteiger partial charge in [0.25, 0.3) is 0 Å². The molecule has 0 aromatic heterocycles. The topological polar surface area (TPSA) is 61.8 Å². The van der Waals surface area contributed by atoms with Crippen molar-refractivity contribution >= 4 is 6.03 Å². The number of nitrogens with one attached hydrogen (secondary N) is 1. The predicted octanol–water partition coefficient (Wildman–Crippen LogP) is 2.15. The molecule has 0 saturated carbocycles. The van der Waals surface area contributed by atoms with Gasteiger partial charge in [0.05, 0.1) is 12.6 Å². The highest BCUT2D eigenvalue weighted by Crippen LogP contribution is 2.15. The zero-order chi connectivity index (χ0) is 15.9. The number of halogens is 1. The number of carbonyl (C=O) groups excluding carboxylic acids is 1. The molecule has 1 saturated heterocycles. The molecule has 6 heteroatoms. The molecule has 2 amide bonds. The van der Waals surface area contributed by atoms with Gasteiger partial charge < -0.3 is 20.1 Å². The summed E-state index contributed by atoms with van der Waals surface area (Å²) in [6.45, 7) is 3.32. The normalized spacial score (nSPS) is 19.6. The van der Waals surface area contributed by atoms with Crippen molar-refractivity contribution in [3.05, 3.63) is 30.1 Å². The van der Waals surface area contributed by atoms with E-state index in [4.69, 9.17) is 4.74 Å². The van der Waals surface area contributed by atoms with Gasteiger partial charge in [-0.05, 0) is 31.4 Å². The number of β-amino-alcohol motifs (C(OH)–C–C–N with tert-alkyl or cyclic N) is 1. The van der Waals surface area contributed by atoms with E-state index in [9.17, 15) is 14.3 Å². The fourth-order valence-corrected chi connectivity index (χ4v) is 2.45. The van der Waals surface area contributed by atoms with Crippen LogP contribution in [-0.4, -0.2) is 47.9 Å². The van der Waals surface area contributed by atoms with Crippen LogP contribution in [-0.2, 0) is 0 Å². The van der Waals surface area contributed by atoms with Crippen LogP contribution >= 0.6 is 0 Å². The van der Waals surface area contributed by atoms with E-state index in [2.05, 4.69) is 5.32 Å². The number of hydrogen-bond donors (Lipinski definition) is 2. The van der Waals surface area contributed by atoms with E-state index in [0.29, 0.717) is 31.8 Å². The van der Waals surface area contributed by atoms with Crippen molar-refractivity contribution in [1.82, 2.24) is 10.2 Å². The van der Waals surface area contributed by atoms with Gasteiger partial charge in [0.2, 0.25) is 0 Å². The van der Waals surface area contributed by atoms with E-state index in [1.54, 1.807) is 17.0 Å². The molecule has 22 heavy (non-hydrogen) atoms. The third-order valence-corrected chi connectivity index (χ3v) is 3.72. The number of aliphatic hydroxyl groups excluding tert-OH is 1. The third-order valence-electron chi connectivity index (χ3n) is 3.72. The van der Waals surface area contributed by atoms with E-state index < -0.39 is 6.10 Å². The van der Waals surface area contributed by atoms with E-state index in [1.165, 1.54) is 12.1 Å². The molecule has 2 rings (SSSR count). The highest BCUT2D eigenvalue weighted by Gasteiger charge is 2.22. The molecule has 1 aliphatic rings. The highest BCUT2D eigenvalue weighted by atomic mass is 19.1. The Hall–Kier alpha value is -1.82. The Balaban J connectivity index is 1.81. The van der Waals surface area contributed by atoms with Gasteiger partial charge in [-0.25, -0.2) is 9.18 Å². The van der Waals surface area contributed by atoms with Crippen molar-refractivity contribution in [2.24, 2.45) is 0 Å². The molecule has 2 N–H and O–H groups in total. The number of amides is 2. The molecule has 5 nitrogen and oxygen atoms in total. The largest absolute Gasteiger partial charge is 0.489 e. The summed E-state index contributed by atoms with van der Waals surface area (Å²) in [6.07, 6.45) is 1.58. The molecular weight excluding hydrogens is 287 g/mol. The van der Waals surface area contributed by atoms with Crippen molar-refractivity contribution in [2.45, 2.75) is 38.4 Å². The first-order chi connectivity index (χ1) is 10.6. The van der Waals surface area contributed by atoms with Gasteiger partial charge in [-0.2, -0.15) is 0 Å². The second kappa shape index (κ2) is 7.98. The number of ether oxygens (including phenoxy) is 1. The fourth-order valence-electron chi connectivity index (χ4n) is 2.45.